The summed E-state index contributed by atoms with van der Waals surface area (Å²) in [7, 11) is 32.8. The first kappa shape index (κ1) is 12.4. The van der Waals surface area contributed by atoms with E-state index in [1.54, 1.807) is 0 Å². The molecule has 1 aliphatic heterocycles. The maximum absolute atomic E-state index is 5.46. The standard InChI is InChI=1S/C6H7B6NO/c7-5(8,9)4(6(10,11)12)14-3-1-13-2-3/h3-4,13H,1-2H2. The fourth-order valence-corrected chi connectivity index (χ4v) is 1.22. The Bertz CT molecular complexity index is 181. The molecule has 1 saturated heterocycles. The topological polar surface area (TPSA) is 21.3 Å². The smallest absolute Gasteiger partial charge is 0.0825 e. The van der Waals surface area contributed by atoms with E-state index in [1.807, 2.05) is 0 Å². The molecule has 1 N–H and O–H groups in total. The molecule has 14 heavy (non-hydrogen) atoms. The monoisotopic (exact) mass is 175 g/mol. The van der Waals surface area contributed by atoms with Crippen molar-refractivity contribution in [2.75, 3.05) is 13.1 Å². The van der Waals surface area contributed by atoms with Crippen LogP contribution in [0.1, 0.15) is 0 Å². The fraction of sp³-hybridized carbons (Fsp3) is 1.00. The molecule has 0 spiro atoms. The van der Waals surface area contributed by atoms with Gasteiger partial charge in [-0.05, 0) is 0 Å². The van der Waals surface area contributed by atoms with Crippen LogP contribution in [0.5, 0.6) is 0 Å². The minimum atomic E-state index is -1.66. The summed E-state index contributed by atoms with van der Waals surface area (Å²) in [5.74, 6) is 0. The van der Waals surface area contributed by atoms with E-state index in [0.29, 0.717) is 13.1 Å². The SMILES string of the molecule is [B]C([B])([B])C(OC1CNC1)C([B])([B])[B]. The van der Waals surface area contributed by atoms with Crippen LogP contribution < -0.4 is 5.32 Å². The second-order valence-corrected chi connectivity index (χ2v) is 3.80. The van der Waals surface area contributed by atoms with Crippen LogP contribution in [0.15, 0.2) is 0 Å². The van der Waals surface area contributed by atoms with Gasteiger partial charge in [0.25, 0.3) is 0 Å². The highest BCUT2D eigenvalue weighted by atomic mass is 16.5. The first-order valence-electron chi connectivity index (χ1n) is 4.30. The van der Waals surface area contributed by atoms with Crippen LogP contribution in [0, 0.1) is 0 Å². The van der Waals surface area contributed by atoms with Crippen LogP contribution >= 0.6 is 0 Å². The van der Waals surface area contributed by atoms with E-state index in [-0.39, 0.29) is 6.10 Å². The largest absolute Gasteiger partial charge is 0.376 e. The molecule has 1 heterocycles. The summed E-state index contributed by atoms with van der Waals surface area (Å²) in [6.45, 7) is 1.37. The molecule has 60 valence electrons. The van der Waals surface area contributed by atoms with Crippen LogP contribution in [0.25, 0.3) is 0 Å². The molecule has 1 fully saturated rings. The lowest BCUT2D eigenvalue weighted by molar-refractivity contribution is -0.0361. The molecule has 0 unspecified atom stereocenters. The summed E-state index contributed by atoms with van der Waals surface area (Å²) < 4.78 is 5.40. The Morgan fingerprint density at radius 3 is 1.64 bits per heavy atom. The summed E-state index contributed by atoms with van der Waals surface area (Å²) in [6, 6.07) is 0. The van der Waals surface area contributed by atoms with Gasteiger partial charge in [-0.1, -0.05) is 0 Å². The summed E-state index contributed by atoms with van der Waals surface area (Å²) in [4.78, 5) is 0. The van der Waals surface area contributed by atoms with E-state index < -0.39 is 16.3 Å². The lowest BCUT2D eigenvalue weighted by Gasteiger charge is -2.46. The molecule has 1 rings (SSSR count). The van der Waals surface area contributed by atoms with Gasteiger partial charge in [-0.3, -0.25) is 0 Å². The predicted molar refractivity (Wildman–Crippen MR) is 61.4 cm³/mol. The molecular formula is C6H7B6NO. The maximum Gasteiger partial charge on any atom is 0.0825 e. The molecule has 0 atom stereocenters. The highest BCUT2D eigenvalue weighted by molar-refractivity contribution is 6.64. The van der Waals surface area contributed by atoms with E-state index >= 15 is 0 Å². The Labute approximate surface area is 93.1 Å². The molecule has 12 radical (unpaired) electrons. The number of hydrogen-bond acceptors (Lipinski definition) is 2. The predicted octanol–water partition coefficient (Wildman–Crippen LogP) is -2.50. The molecule has 1 aliphatic rings. The van der Waals surface area contributed by atoms with Crippen molar-refractivity contribution in [3.05, 3.63) is 0 Å². The first-order valence-corrected chi connectivity index (χ1v) is 4.30. The number of nitrogens with one attached hydrogen (secondary N) is 1. The molecule has 2 nitrogen and oxygen atoms in total. The number of ether oxygens (including phenoxy) is 1. The minimum absolute atomic E-state index is 0.0509. The zero-order chi connectivity index (χ0) is 11.0. The van der Waals surface area contributed by atoms with Crippen molar-refractivity contribution in [3.8, 4) is 0 Å². The van der Waals surface area contributed by atoms with E-state index in [0.717, 1.165) is 0 Å². The van der Waals surface area contributed by atoms with E-state index in [2.05, 4.69) is 5.32 Å². The van der Waals surface area contributed by atoms with Crippen molar-refractivity contribution in [2.24, 2.45) is 0 Å². The van der Waals surface area contributed by atoms with Gasteiger partial charge in [0.2, 0.25) is 0 Å². The zero-order valence-electron chi connectivity index (χ0n) is 7.94. The third-order valence-electron chi connectivity index (χ3n) is 1.98. The van der Waals surface area contributed by atoms with Crippen LogP contribution in [0.3, 0.4) is 0 Å². The fourth-order valence-electron chi connectivity index (χ4n) is 1.22. The van der Waals surface area contributed by atoms with Gasteiger partial charge in [0.15, 0.2) is 0 Å². The van der Waals surface area contributed by atoms with Crippen molar-refractivity contribution in [1.29, 1.82) is 0 Å². The van der Waals surface area contributed by atoms with Gasteiger partial charge in [-0.15, -0.1) is 10.2 Å². The van der Waals surface area contributed by atoms with Crippen molar-refractivity contribution < 1.29 is 4.74 Å². The molecule has 0 bridgehead atoms. The van der Waals surface area contributed by atoms with Gasteiger partial charge in [-0.25, -0.2) is 0 Å². The van der Waals surface area contributed by atoms with Crippen molar-refractivity contribution in [3.63, 3.8) is 0 Å². The second kappa shape index (κ2) is 4.05. The minimum Gasteiger partial charge on any atom is -0.376 e. The van der Waals surface area contributed by atoms with Gasteiger partial charge in [-0.2, -0.15) is 0 Å². The Balaban J connectivity index is 2.61. The van der Waals surface area contributed by atoms with Crippen LogP contribution in [-0.2, 0) is 4.74 Å². The van der Waals surface area contributed by atoms with Gasteiger partial charge in [0.05, 0.1) is 53.2 Å². The molecule has 0 saturated carbocycles. The Morgan fingerprint density at radius 1 is 1.00 bits per heavy atom. The number of rotatable bonds is 4. The van der Waals surface area contributed by atoms with Gasteiger partial charge in [0, 0.05) is 19.2 Å². The quantitative estimate of drug-likeness (QED) is 0.476. The molecule has 0 aromatic rings. The Morgan fingerprint density at radius 2 is 1.43 bits per heavy atom. The average molecular weight is 174 g/mol. The molecule has 0 aliphatic carbocycles. The van der Waals surface area contributed by atoms with Gasteiger partial charge in [0.1, 0.15) is 0 Å². The summed E-state index contributed by atoms with van der Waals surface area (Å²) in [5.41, 5.74) is 0. The Hall–Kier alpha value is 0.310. The molecule has 0 aromatic carbocycles. The van der Waals surface area contributed by atoms with Crippen molar-refractivity contribution >= 4 is 47.1 Å². The third kappa shape index (κ3) is 3.16. The molecular weight excluding hydrogens is 167 g/mol. The lowest BCUT2D eigenvalue weighted by atomic mass is 9.28. The van der Waals surface area contributed by atoms with Crippen molar-refractivity contribution in [1.82, 2.24) is 5.32 Å². The van der Waals surface area contributed by atoms with Crippen molar-refractivity contribution in [2.45, 2.75) is 22.4 Å². The van der Waals surface area contributed by atoms with Crippen LogP contribution in [0.4, 0.5) is 0 Å². The van der Waals surface area contributed by atoms with Gasteiger partial charge < -0.3 is 10.1 Å². The van der Waals surface area contributed by atoms with Crippen LogP contribution in [0.2, 0.25) is 10.2 Å². The Kier molecular flexibility index (Phi) is 3.58. The van der Waals surface area contributed by atoms with E-state index in [4.69, 9.17) is 51.8 Å². The summed E-state index contributed by atoms with van der Waals surface area (Å²) in [6.07, 6.45) is -1.06. The molecule has 0 amide bonds. The van der Waals surface area contributed by atoms with E-state index in [1.165, 1.54) is 0 Å². The van der Waals surface area contributed by atoms with Crippen LogP contribution in [-0.4, -0.2) is 72.4 Å². The first-order chi connectivity index (χ1) is 6.21. The van der Waals surface area contributed by atoms with E-state index in [9.17, 15) is 0 Å². The zero-order valence-corrected chi connectivity index (χ0v) is 7.94. The third-order valence-corrected chi connectivity index (χ3v) is 1.98. The normalized spacial score (nSPS) is 19.5. The summed E-state index contributed by atoms with van der Waals surface area (Å²) in [5, 5.41) is -0.318. The van der Waals surface area contributed by atoms with Gasteiger partial charge >= 0.3 is 0 Å². The maximum atomic E-state index is 5.46. The highest BCUT2D eigenvalue weighted by Gasteiger charge is 2.36. The number of hydrogen-bond donors (Lipinski definition) is 1. The average Bonchev–Trinajstić information content (AvgIpc) is 1.76. The molecule has 0 aromatic heterocycles. The summed E-state index contributed by atoms with van der Waals surface area (Å²) >= 11 is 0. The highest BCUT2D eigenvalue weighted by Crippen LogP contribution is 2.34. The lowest BCUT2D eigenvalue weighted by Crippen LogP contribution is -2.54. The second-order valence-electron chi connectivity index (χ2n) is 3.80. The molecule has 8 heteroatoms.